The molecule has 0 aliphatic carbocycles. The number of nitrogens with zero attached hydrogens (tertiary/aromatic N) is 1. The van der Waals surface area contributed by atoms with Gasteiger partial charge in [-0.15, -0.1) is 0 Å². The van der Waals surface area contributed by atoms with Gasteiger partial charge in [-0.3, -0.25) is 9.59 Å². The molecule has 0 saturated heterocycles. The highest BCUT2D eigenvalue weighted by molar-refractivity contribution is 5.94. The zero-order valence-corrected chi connectivity index (χ0v) is 18.3. The largest absolute Gasteiger partial charge is 0.490 e. The van der Waals surface area contributed by atoms with E-state index in [-0.39, 0.29) is 31.3 Å². The van der Waals surface area contributed by atoms with E-state index in [0.29, 0.717) is 23.7 Å². The molecule has 9 nitrogen and oxygen atoms in total. The van der Waals surface area contributed by atoms with Crippen molar-refractivity contribution >= 4 is 29.7 Å². The molecular weight excluding hydrogens is 414 g/mol. The van der Waals surface area contributed by atoms with Gasteiger partial charge in [-0.25, -0.2) is 10.2 Å². The third-order valence-corrected chi connectivity index (χ3v) is 4.24. The number of carbonyl (C=O) groups is 3. The van der Waals surface area contributed by atoms with Gasteiger partial charge >= 0.3 is 5.97 Å². The quantitative estimate of drug-likeness (QED) is 0.315. The van der Waals surface area contributed by atoms with Crippen LogP contribution >= 0.6 is 0 Å². The molecule has 0 bridgehead atoms. The van der Waals surface area contributed by atoms with Gasteiger partial charge in [-0.2, -0.15) is 5.10 Å². The van der Waals surface area contributed by atoms with Crippen molar-refractivity contribution in [3.05, 3.63) is 53.6 Å². The highest BCUT2D eigenvalue weighted by Crippen LogP contribution is 2.28. The summed E-state index contributed by atoms with van der Waals surface area (Å²) in [5.41, 5.74) is 4.71. The van der Waals surface area contributed by atoms with Crippen LogP contribution in [0.2, 0.25) is 0 Å². The number of esters is 1. The van der Waals surface area contributed by atoms with Gasteiger partial charge in [-0.1, -0.05) is 18.2 Å². The van der Waals surface area contributed by atoms with Gasteiger partial charge in [-0.05, 0) is 49.2 Å². The maximum atomic E-state index is 12.0. The summed E-state index contributed by atoms with van der Waals surface area (Å²) >= 11 is 0. The number of hydrazone groups is 1. The Hall–Kier alpha value is -3.88. The van der Waals surface area contributed by atoms with Crippen LogP contribution in [0.25, 0.3) is 0 Å². The lowest BCUT2D eigenvalue weighted by Crippen LogP contribution is -2.20. The Kier molecular flexibility index (Phi) is 9.70. The number of aryl methyl sites for hydroxylation is 1. The first-order chi connectivity index (χ1) is 15.4. The van der Waals surface area contributed by atoms with Gasteiger partial charge in [0.1, 0.15) is 0 Å². The van der Waals surface area contributed by atoms with Crippen LogP contribution in [0.1, 0.15) is 30.9 Å². The van der Waals surface area contributed by atoms with E-state index in [1.54, 1.807) is 24.3 Å². The predicted molar refractivity (Wildman–Crippen MR) is 120 cm³/mol. The van der Waals surface area contributed by atoms with Crippen LogP contribution in [0, 0.1) is 6.92 Å². The van der Waals surface area contributed by atoms with E-state index in [1.807, 2.05) is 32.0 Å². The van der Waals surface area contributed by atoms with Gasteiger partial charge in [0.15, 0.2) is 18.1 Å². The number of ether oxygens (including phenoxy) is 3. The van der Waals surface area contributed by atoms with Crippen LogP contribution in [0.5, 0.6) is 11.5 Å². The summed E-state index contributed by atoms with van der Waals surface area (Å²) in [6.07, 6.45) is 1.48. The summed E-state index contributed by atoms with van der Waals surface area (Å²) in [4.78, 5) is 35.2. The van der Waals surface area contributed by atoms with E-state index >= 15 is 0 Å². The van der Waals surface area contributed by atoms with Crippen LogP contribution in [-0.4, -0.2) is 44.3 Å². The molecule has 2 aromatic rings. The third-order valence-electron chi connectivity index (χ3n) is 4.24. The number of methoxy groups -OCH3 is 1. The summed E-state index contributed by atoms with van der Waals surface area (Å²) in [6, 6.07) is 12.4. The Balaban J connectivity index is 1.85. The van der Waals surface area contributed by atoms with Crippen molar-refractivity contribution < 1.29 is 28.6 Å². The van der Waals surface area contributed by atoms with Crippen LogP contribution in [-0.2, 0) is 19.1 Å². The van der Waals surface area contributed by atoms with Crippen LogP contribution < -0.4 is 20.2 Å². The number of nitrogens with one attached hydrogen (secondary N) is 2. The van der Waals surface area contributed by atoms with Crippen molar-refractivity contribution in [3.8, 4) is 11.5 Å². The molecule has 0 unspecified atom stereocenters. The minimum atomic E-state index is -0.506. The van der Waals surface area contributed by atoms with Crippen molar-refractivity contribution in [1.29, 1.82) is 0 Å². The summed E-state index contributed by atoms with van der Waals surface area (Å²) in [5, 5.41) is 6.69. The smallest absolute Gasteiger partial charge is 0.343 e. The van der Waals surface area contributed by atoms with Gasteiger partial charge in [0.2, 0.25) is 11.8 Å². The Labute approximate surface area is 186 Å². The van der Waals surface area contributed by atoms with E-state index < -0.39 is 5.97 Å². The Morgan fingerprint density at radius 1 is 1.00 bits per heavy atom. The molecule has 0 atom stereocenters. The van der Waals surface area contributed by atoms with Gasteiger partial charge in [0.05, 0.1) is 19.9 Å². The molecule has 2 aromatic carbocycles. The first-order valence-electron chi connectivity index (χ1n) is 10.1. The first-order valence-corrected chi connectivity index (χ1v) is 10.1. The van der Waals surface area contributed by atoms with E-state index in [1.165, 1.54) is 13.3 Å². The predicted octanol–water partition coefficient (Wildman–Crippen LogP) is 2.81. The zero-order valence-electron chi connectivity index (χ0n) is 18.3. The van der Waals surface area contributed by atoms with Crippen molar-refractivity contribution in [3.63, 3.8) is 0 Å². The summed E-state index contributed by atoms with van der Waals surface area (Å²) in [5.74, 6) is -0.322. The van der Waals surface area contributed by atoms with Crippen molar-refractivity contribution in [1.82, 2.24) is 5.43 Å². The molecule has 0 fully saturated rings. The molecule has 0 saturated carbocycles. The highest BCUT2D eigenvalue weighted by atomic mass is 16.6. The number of benzene rings is 2. The molecule has 2 amide bonds. The maximum absolute atomic E-state index is 12.0. The van der Waals surface area contributed by atoms with E-state index in [4.69, 9.17) is 9.47 Å². The van der Waals surface area contributed by atoms with Crippen LogP contribution in [0.4, 0.5) is 5.69 Å². The molecule has 170 valence electrons. The highest BCUT2D eigenvalue weighted by Gasteiger charge is 2.10. The number of carbonyl (C=O) groups excluding carboxylic acids is 3. The standard InChI is InChI=1S/C23H27N3O6/c1-4-31-20-13-17(9-10-19(20)32-15-23(29)30-3)14-24-26-22(28)12-11-21(27)25-18-8-6-5-7-16(18)2/h5-10,13-14H,4,11-12,15H2,1-3H3,(H,25,27)(H,26,28). The van der Waals surface area contributed by atoms with Crippen LogP contribution in [0.15, 0.2) is 47.6 Å². The van der Waals surface area contributed by atoms with E-state index in [9.17, 15) is 14.4 Å². The molecule has 9 heteroatoms. The molecule has 2 rings (SSSR count). The molecule has 2 N–H and O–H groups in total. The lowest BCUT2D eigenvalue weighted by atomic mass is 10.2. The monoisotopic (exact) mass is 441 g/mol. The SMILES string of the molecule is CCOc1cc(C=NNC(=O)CCC(=O)Nc2ccccc2C)ccc1OCC(=O)OC. The molecule has 0 aliphatic rings. The summed E-state index contributed by atoms with van der Waals surface area (Å²) in [6.45, 7) is 3.88. The molecule has 0 heterocycles. The van der Waals surface area contributed by atoms with Gasteiger partial charge in [0.25, 0.3) is 0 Å². The number of anilines is 1. The molecule has 0 spiro atoms. The first kappa shape index (κ1) is 24.4. The third kappa shape index (κ3) is 8.10. The lowest BCUT2D eigenvalue weighted by Gasteiger charge is -2.11. The number of hydrogen-bond donors (Lipinski definition) is 2. The fourth-order valence-electron chi connectivity index (χ4n) is 2.58. The zero-order chi connectivity index (χ0) is 23.3. The second-order valence-electron chi connectivity index (χ2n) is 6.66. The van der Waals surface area contributed by atoms with Gasteiger partial charge < -0.3 is 19.5 Å². The van der Waals surface area contributed by atoms with Crippen molar-refractivity contribution in [2.24, 2.45) is 5.10 Å². The summed E-state index contributed by atoms with van der Waals surface area (Å²) < 4.78 is 15.5. The topological polar surface area (TPSA) is 115 Å². The van der Waals surface area contributed by atoms with E-state index in [0.717, 1.165) is 11.3 Å². The average molecular weight is 441 g/mol. The van der Waals surface area contributed by atoms with Crippen molar-refractivity contribution in [2.75, 3.05) is 25.6 Å². The van der Waals surface area contributed by atoms with E-state index in [2.05, 4.69) is 20.6 Å². The second kappa shape index (κ2) is 12.7. The Bertz CT molecular complexity index is 974. The number of hydrogen-bond acceptors (Lipinski definition) is 7. The minimum absolute atomic E-state index is 0.000440. The van der Waals surface area contributed by atoms with Crippen LogP contribution in [0.3, 0.4) is 0 Å². The Morgan fingerprint density at radius 3 is 2.47 bits per heavy atom. The fraction of sp³-hybridized carbons (Fsp3) is 0.304. The Morgan fingerprint density at radius 2 is 1.75 bits per heavy atom. The molecular formula is C23H27N3O6. The van der Waals surface area contributed by atoms with Crippen molar-refractivity contribution in [2.45, 2.75) is 26.7 Å². The average Bonchev–Trinajstić information content (AvgIpc) is 2.78. The second-order valence-corrected chi connectivity index (χ2v) is 6.66. The molecule has 0 aliphatic heterocycles. The minimum Gasteiger partial charge on any atom is -0.490 e. The lowest BCUT2D eigenvalue weighted by molar-refractivity contribution is -0.143. The number of rotatable bonds is 11. The maximum Gasteiger partial charge on any atom is 0.343 e. The molecule has 32 heavy (non-hydrogen) atoms. The number of amides is 2. The van der Waals surface area contributed by atoms with Gasteiger partial charge in [0, 0.05) is 18.5 Å². The number of para-hydroxylation sites is 1. The fourth-order valence-corrected chi connectivity index (χ4v) is 2.58. The normalized spacial score (nSPS) is 10.5. The molecule has 0 radical (unpaired) electrons. The summed E-state index contributed by atoms with van der Waals surface area (Å²) in [7, 11) is 1.28. The molecule has 0 aromatic heterocycles.